The van der Waals surface area contributed by atoms with Crippen LogP contribution in [-0.2, 0) is 6.54 Å². The predicted octanol–water partition coefficient (Wildman–Crippen LogP) is 4.12. The Morgan fingerprint density at radius 2 is 1.53 bits per heavy atom. The van der Waals surface area contributed by atoms with Gasteiger partial charge in [-0.2, -0.15) is 0 Å². The van der Waals surface area contributed by atoms with Gasteiger partial charge < -0.3 is 0 Å². The lowest BCUT2D eigenvalue weighted by molar-refractivity contribution is -0.539. The van der Waals surface area contributed by atoms with Gasteiger partial charge in [-0.15, -0.1) is 0 Å². The van der Waals surface area contributed by atoms with Crippen LogP contribution in [0.5, 0.6) is 0 Å². The highest BCUT2D eigenvalue weighted by Crippen LogP contribution is 2.03. The van der Waals surface area contributed by atoms with E-state index in [-0.39, 0.29) is 0 Å². The quantitative estimate of drug-likeness (QED) is 0.537. The molecule has 2 aromatic carbocycles. The second-order valence-corrected chi connectivity index (χ2v) is 4.85. The summed E-state index contributed by atoms with van der Waals surface area (Å²) in [6.45, 7) is 4.33. The molecule has 0 unspecified atom stereocenters. The highest BCUT2D eigenvalue weighted by atomic mass is 15.0. The normalized spacial score (nSPS) is 11.5. The number of nitrogens with zero attached hydrogens (tertiary/aromatic N) is 1. The van der Waals surface area contributed by atoms with E-state index in [1.807, 2.05) is 0 Å². The second-order valence-electron chi connectivity index (χ2n) is 4.85. The van der Waals surface area contributed by atoms with Gasteiger partial charge in [-0.3, -0.25) is 0 Å². The third-order valence-corrected chi connectivity index (χ3v) is 3.16. The first-order valence-electron chi connectivity index (χ1n) is 7.06. The first kappa shape index (κ1) is 13.5. The molecular formula is C18H22N+. The summed E-state index contributed by atoms with van der Waals surface area (Å²) in [5.74, 6) is 0. The fourth-order valence-electron chi connectivity index (χ4n) is 2.12. The monoisotopic (exact) mass is 252 g/mol. The van der Waals surface area contributed by atoms with Crippen molar-refractivity contribution in [1.82, 2.24) is 0 Å². The van der Waals surface area contributed by atoms with Gasteiger partial charge >= 0.3 is 0 Å². The van der Waals surface area contributed by atoms with E-state index in [0.717, 1.165) is 13.1 Å². The zero-order chi connectivity index (χ0) is 13.3. The van der Waals surface area contributed by atoms with Gasteiger partial charge in [0, 0.05) is 17.5 Å². The van der Waals surface area contributed by atoms with Gasteiger partial charge in [0.05, 0.1) is 0 Å². The summed E-state index contributed by atoms with van der Waals surface area (Å²) in [6, 6.07) is 21.2. The van der Waals surface area contributed by atoms with E-state index < -0.39 is 0 Å². The minimum Gasteiger partial charge on any atom is -0.231 e. The molecule has 0 radical (unpaired) electrons. The third kappa shape index (κ3) is 4.70. The first-order chi connectivity index (χ1) is 9.38. The Hall–Kier alpha value is -1.89. The minimum atomic E-state index is 0.982. The van der Waals surface area contributed by atoms with Crippen molar-refractivity contribution in [3.8, 4) is 0 Å². The first-order valence-corrected chi connectivity index (χ1v) is 7.06. The van der Waals surface area contributed by atoms with Crippen LogP contribution in [0.3, 0.4) is 0 Å². The second kappa shape index (κ2) is 7.52. The SMILES string of the molecule is CCCC[N+](=Cc1ccccc1)Cc1ccccc1. The van der Waals surface area contributed by atoms with Crippen LogP contribution in [0.2, 0.25) is 0 Å². The molecule has 0 aliphatic heterocycles. The highest BCUT2D eigenvalue weighted by Gasteiger charge is 2.05. The van der Waals surface area contributed by atoms with Gasteiger partial charge in [0.1, 0.15) is 6.54 Å². The van der Waals surface area contributed by atoms with Gasteiger partial charge in [0.2, 0.25) is 0 Å². The average molecular weight is 252 g/mol. The summed E-state index contributed by atoms with van der Waals surface area (Å²) >= 11 is 0. The van der Waals surface area contributed by atoms with Crippen molar-refractivity contribution >= 4 is 6.21 Å². The van der Waals surface area contributed by atoms with E-state index in [1.165, 1.54) is 24.0 Å². The number of hydrogen-bond acceptors (Lipinski definition) is 0. The van der Waals surface area contributed by atoms with Gasteiger partial charge in [-0.1, -0.05) is 61.9 Å². The van der Waals surface area contributed by atoms with Crippen molar-refractivity contribution in [2.75, 3.05) is 6.54 Å². The van der Waals surface area contributed by atoms with Gasteiger partial charge in [-0.05, 0) is 12.1 Å². The van der Waals surface area contributed by atoms with Crippen molar-refractivity contribution < 1.29 is 4.58 Å². The van der Waals surface area contributed by atoms with E-state index in [2.05, 4.69) is 78.4 Å². The molecule has 0 aromatic heterocycles. The van der Waals surface area contributed by atoms with Crippen molar-refractivity contribution in [2.45, 2.75) is 26.3 Å². The Morgan fingerprint density at radius 1 is 0.895 bits per heavy atom. The summed E-state index contributed by atoms with van der Waals surface area (Å²) < 4.78 is 2.41. The van der Waals surface area contributed by atoms with Gasteiger partial charge in [0.25, 0.3) is 0 Å². The van der Waals surface area contributed by atoms with E-state index in [0.29, 0.717) is 0 Å². The lowest BCUT2D eigenvalue weighted by Crippen LogP contribution is -2.15. The molecule has 0 aliphatic rings. The topological polar surface area (TPSA) is 3.01 Å². The molecule has 19 heavy (non-hydrogen) atoms. The highest BCUT2D eigenvalue weighted by molar-refractivity contribution is 5.75. The predicted molar refractivity (Wildman–Crippen MR) is 81.8 cm³/mol. The molecule has 0 aliphatic carbocycles. The lowest BCUT2D eigenvalue weighted by Gasteiger charge is -2.04. The van der Waals surface area contributed by atoms with Crippen molar-refractivity contribution in [3.05, 3.63) is 71.8 Å². The Morgan fingerprint density at radius 3 is 2.16 bits per heavy atom. The van der Waals surface area contributed by atoms with Crippen LogP contribution in [0.25, 0.3) is 0 Å². The van der Waals surface area contributed by atoms with E-state index in [4.69, 9.17) is 0 Å². The Balaban J connectivity index is 2.14. The molecule has 98 valence electrons. The van der Waals surface area contributed by atoms with Crippen LogP contribution in [0.4, 0.5) is 0 Å². The molecule has 0 amide bonds. The Bertz CT molecular complexity index is 500. The van der Waals surface area contributed by atoms with Crippen molar-refractivity contribution in [1.29, 1.82) is 0 Å². The van der Waals surface area contributed by atoms with Crippen LogP contribution >= 0.6 is 0 Å². The number of rotatable bonds is 6. The van der Waals surface area contributed by atoms with Crippen LogP contribution in [-0.4, -0.2) is 17.3 Å². The van der Waals surface area contributed by atoms with Gasteiger partial charge in [0.15, 0.2) is 12.8 Å². The van der Waals surface area contributed by atoms with Crippen LogP contribution in [0, 0.1) is 0 Å². The maximum atomic E-state index is 2.41. The average Bonchev–Trinajstić information content (AvgIpc) is 2.47. The zero-order valence-corrected chi connectivity index (χ0v) is 11.6. The third-order valence-electron chi connectivity index (χ3n) is 3.16. The molecule has 2 rings (SSSR count). The van der Waals surface area contributed by atoms with Crippen molar-refractivity contribution in [3.63, 3.8) is 0 Å². The maximum absolute atomic E-state index is 2.41. The molecule has 0 fully saturated rings. The lowest BCUT2D eigenvalue weighted by atomic mass is 10.2. The molecule has 0 spiro atoms. The van der Waals surface area contributed by atoms with Crippen LogP contribution in [0.15, 0.2) is 60.7 Å². The summed E-state index contributed by atoms with van der Waals surface area (Å²) in [7, 11) is 0. The minimum absolute atomic E-state index is 0.982. The van der Waals surface area contributed by atoms with Crippen LogP contribution < -0.4 is 0 Å². The molecule has 0 saturated heterocycles. The largest absolute Gasteiger partial charge is 0.231 e. The molecule has 0 saturated carbocycles. The molecule has 1 nitrogen and oxygen atoms in total. The molecule has 0 bridgehead atoms. The molecular weight excluding hydrogens is 230 g/mol. The van der Waals surface area contributed by atoms with Gasteiger partial charge in [-0.25, -0.2) is 4.58 Å². The molecule has 0 atom stereocenters. The number of benzene rings is 2. The van der Waals surface area contributed by atoms with Crippen LogP contribution in [0.1, 0.15) is 30.9 Å². The fourth-order valence-corrected chi connectivity index (χ4v) is 2.12. The zero-order valence-electron chi connectivity index (χ0n) is 11.6. The van der Waals surface area contributed by atoms with E-state index in [1.54, 1.807) is 0 Å². The maximum Gasteiger partial charge on any atom is 0.170 e. The molecule has 0 heterocycles. The fraction of sp³-hybridized carbons (Fsp3) is 0.278. The summed E-state index contributed by atoms with van der Waals surface area (Å²) in [6.07, 6.45) is 4.73. The Labute approximate surface area is 116 Å². The smallest absolute Gasteiger partial charge is 0.170 e. The van der Waals surface area contributed by atoms with E-state index >= 15 is 0 Å². The molecule has 1 heteroatoms. The summed E-state index contributed by atoms with van der Waals surface area (Å²) in [5, 5.41) is 0. The number of unbranched alkanes of at least 4 members (excludes halogenated alkanes) is 1. The van der Waals surface area contributed by atoms with E-state index in [9.17, 15) is 0 Å². The van der Waals surface area contributed by atoms with Crippen molar-refractivity contribution in [2.24, 2.45) is 0 Å². The number of hydrogen-bond donors (Lipinski definition) is 0. The summed E-state index contributed by atoms with van der Waals surface area (Å²) in [5.41, 5.74) is 2.64. The molecule has 2 aromatic rings. The standard InChI is InChI=1S/C18H22N/c1-2-3-14-19(15-17-10-6-4-7-11-17)16-18-12-8-5-9-13-18/h4-13,15H,2-3,14,16H2,1H3/q+1. The Kier molecular flexibility index (Phi) is 5.36. The summed E-state index contributed by atoms with van der Waals surface area (Å²) in [4.78, 5) is 0. The molecule has 0 N–H and O–H groups in total.